The van der Waals surface area contributed by atoms with Crippen molar-refractivity contribution >= 4 is 16.8 Å². The summed E-state index contributed by atoms with van der Waals surface area (Å²) in [6, 6.07) is 15.6. The van der Waals surface area contributed by atoms with Crippen LogP contribution in [0, 0.1) is 6.92 Å². The molecule has 128 valence electrons. The van der Waals surface area contributed by atoms with E-state index in [9.17, 15) is 9.00 Å². The highest BCUT2D eigenvalue weighted by Crippen LogP contribution is 2.15. The summed E-state index contributed by atoms with van der Waals surface area (Å²) in [5, 5.41) is 5.74. The Bertz CT molecular complexity index is 714. The van der Waals surface area contributed by atoms with E-state index in [1.54, 1.807) is 6.26 Å². The third-order valence-electron chi connectivity index (χ3n) is 3.89. The molecule has 0 fully saturated rings. The van der Waals surface area contributed by atoms with Gasteiger partial charge in [-0.3, -0.25) is 4.21 Å². The zero-order chi connectivity index (χ0) is 17.5. The average molecular weight is 344 g/mol. The van der Waals surface area contributed by atoms with Gasteiger partial charge in [0.1, 0.15) is 0 Å². The van der Waals surface area contributed by atoms with Crippen LogP contribution in [0.5, 0.6) is 0 Å². The third-order valence-corrected chi connectivity index (χ3v) is 4.82. The van der Waals surface area contributed by atoms with Gasteiger partial charge in [-0.1, -0.05) is 48.9 Å². The molecule has 2 atom stereocenters. The van der Waals surface area contributed by atoms with E-state index in [-0.39, 0.29) is 11.9 Å². The SMILES string of the molecule is Cc1cccc(C(C)CNC(=O)NCc2ccc(S(C)=O)cc2)c1. The Hall–Kier alpha value is -2.14. The van der Waals surface area contributed by atoms with Crippen molar-refractivity contribution in [2.75, 3.05) is 12.8 Å². The largest absolute Gasteiger partial charge is 0.338 e. The van der Waals surface area contributed by atoms with Crippen molar-refractivity contribution in [1.29, 1.82) is 0 Å². The van der Waals surface area contributed by atoms with E-state index in [0.29, 0.717) is 13.1 Å². The van der Waals surface area contributed by atoms with Gasteiger partial charge in [-0.25, -0.2) is 4.79 Å². The van der Waals surface area contributed by atoms with Crippen molar-refractivity contribution in [2.24, 2.45) is 0 Å². The summed E-state index contributed by atoms with van der Waals surface area (Å²) in [5.41, 5.74) is 3.42. The third kappa shape index (κ3) is 5.49. The first-order valence-corrected chi connectivity index (χ1v) is 9.52. The van der Waals surface area contributed by atoms with Gasteiger partial charge in [0.05, 0.1) is 0 Å². The molecule has 24 heavy (non-hydrogen) atoms. The van der Waals surface area contributed by atoms with Gasteiger partial charge in [-0.2, -0.15) is 0 Å². The second-order valence-electron chi connectivity index (χ2n) is 5.98. The number of carbonyl (C=O) groups is 1. The van der Waals surface area contributed by atoms with Gasteiger partial charge >= 0.3 is 6.03 Å². The predicted molar refractivity (Wildman–Crippen MR) is 98.6 cm³/mol. The zero-order valence-corrected chi connectivity index (χ0v) is 15.2. The number of aryl methyl sites for hydroxylation is 1. The van der Waals surface area contributed by atoms with Crippen molar-refractivity contribution in [1.82, 2.24) is 10.6 Å². The van der Waals surface area contributed by atoms with E-state index in [1.807, 2.05) is 30.3 Å². The summed E-state index contributed by atoms with van der Waals surface area (Å²) in [7, 11) is -0.978. The second kappa shape index (κ2) is 8.64. The summed E-state index contributed by atoms with van der Waals surface area (Å²) < 4.78 is 11.3. The molecule has 2 unspecified atom stereocenters. The molecule has 0 aliphatic heterocycles. The predicted octanol–water partition coefficient (Wildman–Crippen LogP) is 3.34. The van der Waals surface area contributed by atoms with E-state index in [4.69, 9.17) is 0 Å². The maximum atomic E-state index is 11.9. The van der Waals surface area contributed by atoms with E-state index >= 15 is 0 Å². The quantitative estimate of drug-likeness (QED) is 0.844. The number of amides is 2. The smallest absolute Gasteiger partial charge is 0.315 e. The van der Waals surface area contributed by atoms with Gasteiger partial charge in [0.25, 0.3) is 0 Å². The van der Waals surface area contributed by atoms with Crippen molar-refractivity contribution in [3.63, 3.8) is 0 Å². The molecule has 2 aromatic carbocycles. The number of carbonyl (C=O) groups excluding carboxylic acids is 1. The van der Waals surface area contributed by atoms with E-state index in [2.05, 4.69) is 42.7 Å². The number of nitrogens with one attached hydrogen (secondary N) is 2. The molecular formula is C19H24N2O2S. The minimum absolute atomic E-state index is 0.183. The fraction of sp³-hybridized carbons (Fsp3) is 0.316. The van der Waals surface area contributed by atoms with Crippen LogP contribution < -0.4 is 10.6 Å². The summed E-state index contributed by atoms with van der Waals surface area (Å²) >= 11 is 0. The molecule has 0 saturated carbocycles. The molecule has 0 aliphatic rings. The number of hydrogen-bond acceptors (Lipinski definition) is 2. The number of rotatable bonds is 6. The number of benzene rings is 2. The second-order valence-corrected chi connectivity index (χ2v) is 7.36. The van der Waals surface area contributed by atoms with Crippen LogP contribution in [0.2, 0.25) is 0 Å². The first kappa shape index (κ1) is 18.2. The molecule has 5 heteroatoms. The first-order chi connectivity index (χ1) is 11.5. The molecule has 0 heterocycles. The Morgan fingerprint density at radius 3 is 2.46 bits per heavy atom. The molecule has 0 bridgehead atoms. The summed E-state index contributed by atoms with van der Waals surface area (Å²) in [5.74, 6) is 0.259. The van der Waals surface area contributed by atoms with Gasteiger partial charge in [-0.05, 0) is 36.1 Å². The van der Waals surface area contributed by atoms with Crippen molar-refractivity contribution in [2.45, 2.75) is 31.2 Å². The molecule has 2 rings (SSSR count). The lowest BCUT2D eigenvalue weighted by atomic mass is 9.99. The monoisotopic (exact) mass is 344 g/mol. The zero-order valence-electron chi connectivity index (χ0n) is 14.3. The maximum absolute atomic E-state index is 11.9. The highest BCUT2D eigenvalue weighted by molar-refractivity contribution is 7.84. The normalized spacial score (nSPS) is 13.1. The van der Waals surface area contributed by atoms with Gasteiger partial charge in [0, 0.05) is 35.0 Å². The van der Waals surface area contributed by atoms with Gasteiger partial charge in [-0.15, -0.1) is 0 Å². The Morgan fingerprint density at radius 1 is 1.12 bits per heavy atom. The summed E-state index contributed by atoms with van der Waals surface area (Å²) in [6.07, 6.45) is 1.65. The number of hydrogen-bond donors (Lipinski definition) is 2. The van der Waals surface area contributed by atoms with Crippen LogP contribution in [0.4, 0.5) is 4.79 Å². The highest BCUT2D eigenvalue weighted by atomic mass is 32.2. The van der Waals surface area contributed by atoms with Crippen LogP contribution >= 0.6 is 0 Å². The summed E-state index contributed by atoms with van der Waals surface area (Å²) in [6.45, 7) is 5.19. The highest BCUT2D eigenvalue weighted by Gasteiger charge is 2.08. The molecule has 0 spiro atoms. The van der Waals surface area contributed by atoms with Crippen molar-refractivity contribution in [3.05, 3.63) is 65.2 Å². The molecule has 0 radical (unpaired) electrons. The molecule has 2 aromatic rings. The maximum Gasteiger partial charge on any atom is 0.315 e. The number of urea groups is 1. The van der Waals surface area contributed by atoms with Crippen molar-refractivity contribution < 1.29 is 9.00 Å². The molecule has 0 saturated heterocycles. The molecule has 2 N–H and O–H groups in total. The van der Waals surface area contributed by atoms with E-state index in [1.165, 1.54) is 11.1 Å². The van der Waals surface area contributed by atoms with Crippen LogP contribution in [-0.2, 0) is 17.3 Å². The first-order valence-electron chi connectivity index (χ1n) is 7.96. The Kier molecular flexibility index (Phi) is 6.55. The molecule has 2 amide bonds. The lowest BCUT2D eigenvalue weighted by Crippen LogP contribution is -2.37. The van der Waals surface area contributed by atoms with Crippen LogP contribution in [0.3, 0.4) is 0 Å². The fourth-order valence-electron chi connectivity index (χ4n) is 2.38. The van der Waals surface area contributed by atoms with E-state index < -0.39 is 10.8 Å². The minimum atomic E-state index is -0.978. The van der Waals surface area contributed by atoms with Crippen LogP contribution in [0.1, 0.15) is 29.5 Å². The van der Waals surface area contributed by atoms with Crippen LogP contribution in [-0.4, -0.2) is 23.0 Å². The average Bonchev–Trinajstić information content (AvgIpc) is 2.58. The Labute approximate surface area is 146 Å². The minimum Gasteiger partial charge on any atom is -0.338 e. The van der Waals surface area contributed by atoms with Gasteiger partial charge < -0.3 is 10.6 Å². The van der Waals surface area contributed by atoms with E-state index in [0.717, 1.165) is 10.5 Å². The lowest BCUT2D eigenvalue weighted by Gasteiger charge is -2.14. The molecular weight excluding hydrogens is 320 g/mol. The van der Waals surface area contributed by atoms with Crippen LogP contribution in [0.25, 0.3) is 0 Å². The molecule has 0 aliphatic carbocycles. The van der Waals surface area contributed by atoms with Crippen molar-refractivity contribution in [3.8, 4) is 0 Å². The van der Waals surface area contributed by atoms with Gasteiger partial charge in [0.2, 0.25) is 0 Å². The molecule has 4 nitrogen and oxygen atoms in total. The van der Waals surface area contributed by atoms with Crippen LogP contribution in [0.15, 0.2) is 53.4 Å². The lowest BCUT2D eigenvalue weighted by molar-refractivity contribution is 0.240. The fourth-order valence-corrected chi connectivity index (χ4v) is 2.90. The van der Waals surface area contributed by atoms with Gasteiger partial charge in [0.15, 0.2) is 0 Å². The Balaban J connectivity index is 1.78. The molecule has 0 aromatic heterocycles. The standard InChI is InChI=1S/C19H24N2O2S/c1-14-5-4-6-17(11-14)15(2)12-20-19(22)21-13-16-7-9-18(10-8-16)24(3)23/h4-11,15H,12-13H2,1-3H3,(H2,20,21,22). The topological polar surface area (TPSA) is 58.2 Å². The summed E-state index contributed by atoms with van der Waals surface area (Å²) in [4.78, 5) is 12.7. The Morgan fingerprint density at radius 2 is 1.83 bits per heavy atom.